The summed E-state index contributed by atoms with van der Waals surface area (Å²) in [5.41, 5.74) is 2.36. The molecule has 0 aliphatic carbocycles. The Bertz CT molecular complexity index is 1400. The van der Waals surface area contributed by atoms with E-state index in [9.17, 15) is 4.39 Å². The summed E-state index contributed by atoms with van der Waals surface area (Å²) in [6.07, 6.45) is 1.54. The Morgan fingerprint density at radius 2 is 2.00 bits per heavy atom. The van der Waals surface area contributed by atoms with Crippen LogP contribution in [0.25, 0.3) is 10.2 Å². The second kappa shape index (κ2) is 11.3. The third kappa shape index (κ3) is 6.24. The summed E-state index contributed by atoms with van der Waals surface area (Å²) >= 11 is 10.0. The summed E-state index contributed by atoms with van der Waals surface area (Å²) in [6, 6.07) is 13.7. The molecule has 3 heterocycles. The van der Waals surface area contributed by atoms with Gasteiger partial charge in [0.25, 0.3) is 0 Å². The highest BCUT2D eigenvalue weighted by Gasteiger charge is 2.11. The maximum Gasteiger partial charge on any atom is 0.151 e. The predicted molar refractivity (Wildman–Crippen MR) is 144 cm³/mol. The summed E-state index contributed by atoms with van der Waals surface area (Å²) in [5, 5.41) is 3.78. The number of halogens is 2. The van der Waals surface area contributed by atoms with Crippen molar-refractivity contribution in [2.45, 2.75) is 6.61 Å². The van der Waals surface area contributed by atoms with E-state index in [0.29, 0.717) is 16.6 Å². The van der Waals surface area contributed by atoms with E-state index in [1.54, 1.807) is 35.6 Å². The molecule has 0 saturated carbocycles. The molecule has 5 nitrogen and oxygen atoms in total. The van der Waals surface area contributed by atoms with Crippen molar-refractivity contribution in [3.63, 3.8) is 0 Å². The Morgan fingerprint density at radius 3 is 2.83 bits per heavy atom. The highest BCUT2D eigenvalue weighted by Crippen LogP contribution is 2.33. The van der Waals surface area contributed by atoms with Crippen molar-refractivity contribution >= 4 is 56.4 Å². The van der Waals surface area contributed by atoms with Crippen LogP contribution in [0.1, 0.15) is 10.4 Å². The molecule has 4 aromatic rings. The Morgan fingerprint density at radius 1 is 1.11 bits per heavy atom. The van der Waals surface area contributed by atoms with E-state index in [1.807, 2.05) is 23.9 Å². The topological polar surface area (TPSA) is 50.3 Å². The summed E-state index contributed by atoms with van der Waals surface area (Å²) in [5.74, 6) is 9.87. The van der Waals surface area contributed by atoms with Crippen LogP contribution in [0.5, 0.6) is 5.75 Å². The van der Waals surface area contributed by atoms with Crippen LogP contribution in [0, 0.1) is 17.7 Å². The molecule has 0 bridgehead atoms. The summed E-state index contributed by atoms with van der Waals surface area (Å²) < 4.78 is 20.1. The lowest BCUT2D eigenvalue weighted by atomic mass is 10.2. The van der Waals surface area contributed by atoms with E-state index < -0.39 is 0 Å². The van der Waals surface area contributed by atoms with Crippen LogP contribution in [0.4, 0.5) is 15.9 Å². The number of ether oxygens (including phenoxy) is 1. The van der Waals surface area contributed by atoms with Gasteiger partial charge in [0, 0.05) is 30.3 Å². The van der Waals surface area contributed by atoms with E-state index in [-0.39, 0.29) is 12.4 Å². The van der Waals surface area contributed by atoms with Crippen LogP contribution >= 0.6 is 34.7 Å². The Labute approximate surface area is 216 Å². The number of anilines is 2. The number of rotatable bonds is 6. The van der Waals surface area contributed by atoms with Crippen molar-refractivity contribution in [3.05, 3.63) is 76.1 Å². The lowest BCUT2D eigenvalue weighted by Gasteiger charge is -2.23. The van der Waals surface area contributed by atoms with Crippen molar-refractivity contribution in [2.24, 2.45) is 0 Å². The largest absolute Gasteiger partial charge is 0.487 e. The fourth-order valence-electron chi connectivity index (χ4n) is 3.62. The highest BCUT2D eigenvalue weighted by molar-refractivity contribution is 7.99. The normalized spacial score (nSPS) is 13.9. The molecular formula is C26H22ClFN4OS2. The lowest BCUT2D eigenvalue weighted by molar-refractivity contribution is 0.306. The average Bonchev–Trinajstić information content (AvgIpc) is 3.28. The van der Waals surface area contributed by atoms with Crippen molar-refractivity contribution in [2.75, 3.05) is 36.5 Å². The van der Waals surface area contributed by atoms with Gasteiger partial charge in [0.15, 0.2) is 5.82 Å². The van der Waals surface area contributed by atoms with Gasteiger partial charge in [0.1, 0.15) is 24.5 Å². The molecule has 35 heavy (non-hydrogen) atoms. The number of hydrogen-bond donors (Lipinski definition) is 1. The molecule has 5 rings (SSSR count). The number of fused-ring (bicyclic) bond motifs is 1. The molecule has 1 N–H and O–H groups in total. The average molecular weight is 525 g/mol. The highest BCUT2D eigenvalue weighted by atomic mass is 35.5. The molecule has 1 aliphatic rings. The predicted octanol–water partition coefficient (Wildman–Crippen LogP) is 6.21. The van der Waals surface area contributed by atoms with Crippen LogP contribution in [-0.2, 0) is 6.61 Å². The molecule has 0 radical (unpaired) electrons. The summed E-state index contributed by atoms with van der Waals surface area (Å²) in [4.78, 5) is 12.2. The van der Waals surface area contributed by atoms with Crippen LogP contribution in [-0.4, -0.2) is 46.0 Å². The first-order chi connectivity index (χ1) is 17.1. The van der Waals surface area contributed by atoms with Gasteiger partial charge in [-0.2, -0.15) is 11.8 Å². The molecule has 0 amide bonds. The van der Waals surface area contributed by atoms with Gasteiger partial charge in [0.05, 0.1) is 26.7 Å². The van der Waals surface area contributed by atoms with Crippen molar-refractivity contribution in [3.8, 4) is 17.6 Å². The first kappa shape index (κ1) is 23.9. The van der Waals surface area contributed by atoms with Gasteiger partial charge in [-0.05, 0) is 42.0 Å². The van der Waals surface area contributed by atoms with Gasteiger partial charge in [-0.15, -0.1) is 11.3 Å². The van der Waals surface area contributed by atoms with Crippen LogP contribution < -0.4 is 10.1 Å². The fourth-order valence-corrected chi connectivity index (χ4v) is 5.77. The second-order valence-corrected chi connectivity index (χ2v) is 10.6. The third-order valence-electron chi connectivity index (χ3n) is 5.41. The number of nitrogens with zero attached hydrogens (tertiary/aromatic N) is 3. The number of thiophene rings is 1. The monoisotopic (exact) mass is 524 g/mol. The molecule has 0 unspecified atom stereocenters. The Balaban J connectivity index is 1.27. The van der Waals surface area contributed by atoms with E-state index in [0.717, 1.165) is 46.0 Å². The molecule has 2 aromatic carbocycles. The minimum Gasteiger partial charge on any atom is -0.487 e. The van der Waals surface area contributed by atoms with Gasteiger partial charge in [-0.3, -0.25) is 4.90 Å². The quantitative estimate of drug-likeness (QED) is 0.303. The number of benzene rings is 2. The van der Waals surface area contributed by atoms with Crippen LogP contribution in [0.2, 0.25) is 5.02 Å². The standard InChI is InChI=1S/C26H22ClFN4OS2/c27-22-14-20(6-7-24(22)33-16-18-3-1-4-19(28)13-18)31-26-25-23(29-17-30-26)15-21(35-25)5-2-8-32-9-11-34-12-10-32/h1,3-4,6-7,13-15,17H,8-12,16H2,(H,29,30,31). The lowest BCUT2D eigenvalue weighted by Crippen LogP contribution is -2.32. The van der Waals surface area contributed by atoms with Gasteiger partial charge in [-0.25, -0.2) is 14.4 Å². The first-order valence-corrected chi connectivity index (χ1v) is 13.5. The van der Waals surface area contributed by atoms with Crippen molar-refractivity contribution in [1.29, 1.82) is 0 Å². The first-order valence-electron chi connectivity index (χ1n) is 11.1. The fraction of sp³-hybridized carbons (Fsp3) is 0.231. The van der Waals surface area contributed by atoms with Gasteiger partial charge in [-0.1, -0.05) is 35.6 Å². The molecule has 1 fully saturated rings. The van der Waals surface area contributed by atoms with Crippen molar-refractivity contribution in [1.82, 2.24) is 14.9 Å². The maximum absolute atomic E-state index is 13.4. The third-order valence-corrected chi connectivity index (χ3v) is 7.69. The van der Waals surface area contributed by atoms with Crippen LogP contribution in [0.3, 0.4) is 0 Å². The summed E-state index contributed by atoms with van der Waals surface area (Å²) in [7, 11) is 0. The second-order valence-electron chi connectivity index (χ2n) is 7.93. The number of aromatic nitrogens is 2. The smallest absolute Gasteiger partial charge is 0.151 e. The SMILES string of the molecule is Fc1cccc(COc2ccc(Nc3ncnc4cc(C#CCN5CCSCC5)sc34)cc2Cl)c1. The molecule has 2 aromatic heterocycles. The Kier molecular flexibility index (Phi) is 7.69. The molecular weight excluding hydrogens is 503 g/mol. The molecule has 9 heteroatoms. The van der Waals surface area contributed by atoms with E-state index in [4.69, 9.17) is 16.3 Å². The van der Waals surface area contributed by atoms with Crippen LogP contribution in [0.15, 0.2) is 54.9 Å². The van der Waals surface area contributed by atoms with E-state index >= 15 is 0 Å². The van der Waals surface area contributed by atoms with Gasteiger partial charge in [0.2, 0.25) is 0 Å². The van der Waals surface area contributed by atoms with Crippen molar-refractivity contribution < 1.29 is 9.13 Å². The zero-order valence-electron chi connectivity index (χ0n) is 18.8. The van der Waals surface area contributed by atoms with Gasteiger partial charge >= 0.3 is 0 Å². The Hall–Kier alpha value is -2.83. The van der Waals surface area contributed by atoms with Gasteiger partial charge < -0.3 is 10.1 Å². The molecule has 1 saturated heterocycles. The number of thioether (sulfide) groups is 1. The molecule has 1 aliphatic heterocycles. The van der Waals surface area contributed by atoms with E-state index in [1.165, 1.54) is 30.0 Å². The number of hydrogen-bond acceptors (Lipinski definition) is 7. The van der Waals surface area contributed by atoms with E-state index in [2.05, 4.69) is 32.0 Å². The minimum atomic E-state index is -0.295. The summed E-state index contributed by atoms with van der Waals surface area (Å²) in [6.45, 7) is 3.22. The maximum atomic E-state index is 13.4. The molecule has 0 atom stereocenters. The zero-order valence-corrected chi connectivity index (χ0v) is 21.2. The molecule has 178 valence electrons. The number of nitrogens with one attached hydrogen (secondary N) is 1. The molecule has 0 spiro atoms. The minimum absolute atomic E-state index is 0.229. The zero-order chi connectivity index (χ0) is 24.0.